The predicted molar refractivity (Wildman–Crippen MR) is 116 cm³/mol. The topological polar surface area (TPSA) is 76.5 Å². The van der Waals surface area contributed by atoms with Crippen molar-refractivity contribution in [1.82, 2.24) is 14.9 Å². The van der Waals surface area contributed by atoms with Crippen LogP contribution in [0.15, 0.2) is 48.5 Å². The van der Waals surface area contributed by atoms with Crippen molar-refractivity contribution in [2.75, 3.05) is 18.6 Å². The maximum absolute atomic E-state index is 12.9. The van der Waals surface area contributed by atoms with Gasteiger partial charge in [0.25, 0.3) is 0 Å². The van der Waals surface area contributed by atoms with E-state index in [1.165, 1.54) is 0 Å². The van der Waals surface area contributed by atoms with Crippen LogP contribution in [0.25, 0.3) is 11.0 Å². The van der Waals surface area contributed by atoms with Crippen molar-refractivity contribution >= 4 is 28.5 Å². The second kappa shape index (κ2) is 8.18. The van der Waals surface area contributed by atoms with Crippen molar-refractivity contribution in [2.45, 2.75) is 38.8 Å². The van der Waals surface area contributed by atoms with E-state index in [0.29, 0.717) is 18.7 Å². The Morgan fingerprint density at radius 2 is 1.93 bits per heavy atom. The molecule has 156 valence electrons. The fourth-order valence-electron chi connectivity index (χ4n) is 4.05. The van der Waals surface area contributed by atoms with Gasteiger partial charge in [-0.15, -0.1) is 0 Å². The molecule has 2 aromatic carbocycles. The van der Waals surface area contributed by atoms with Crippen LogP contribution in [0.5, 0.6) is 5.75 Å². The van der Waals surface area contributed by atoms with E-state index < -0.39 is 0 Å². The lowest BCUT2D eigenvalue weighted by atomic mass is 10.1. The van der Waals surface area contributed by atoms with Crippen molar-refractivity contribution in [3.63, 3.8) is 0 Å². The summed E-state index contributed by atoms with van der Waals surface area (Å²) >= 11 is 0. The van der Waals surface area contributed by atoms with Crippen molar-refractivity contribution in [2.24, 2.45) is 0 Å². The molecule has 0 saturated carbocycles. The molecule has 0 radical (unpaired) electrons. The van der Waals surface area contributed by atoms with Crippen LogP contribution in [0.1, 0.15) is 32.0 Å². The number of hydrogen-bond acceptors (Lipinski definition) is 4. The highest BCUT2D eigenvalue weighted by molar-refractivity contribution is 5.98. The number of amides is 2. The molecule has 30 heavy (non-hydrogen) atoms. The molecule has 0 aliphatic carbocycles. The average Bonchev–Trinajstić information content (AvgIpc) is 3.28. The summed E-state index contributed by atoms with van der Waals surface area (Å²) in [4.78, 5) is 31.9. The number of methoxy groups -OCH3 is 1. The normalized spacial score (nSPS) is 16.5. The van der Waals surface area contributed by atoms with Crippen LogP contribution >= 0.6 is 0 Å². The fraction of sp³-hybridized carbons (Fsp3) is 0.348. The highest BCUT2D eigenvalue weighted by Gasteiger charge is 2.36. The van der Waals surface area contributed by atoms with Gasteiger partial charge in [-0.2, -0.15) is 0 Å². The molecule has 7 nitrogen and oxygen atoms in total. The largest absolute Gasteiger partial charge is 0.495 e. The number of nitrogens with one attached hydrogen (secondary N) is 1. The number of hydrogen-bond donors (Lipinski definition) is 1. The number of carbonyl (C=O) groups is 2. The van der Waals surface area contributed by atoms with Gasteiger partial charge in [0.15, 0.2) is 0 Å². The molecule has 0 spiro atoms. The van der Waals surface area contributed by atoms with Gasteiger partial charge in [-0.1, -0.05) is 24.3 Å². The zero-order valence-electron chi connectivity index (χ0n) is 17.5. The number of ether oxygens (including phenoxy) is 1. The molecule has 1 aliphatic rings. The van der Waals surface area contributed by atoms with E-state index in [1.807, 2.05) is 66.9 Å². The number of para-hydroxylation sites is 4. The second-order valence-electron chi connectivity index (χ2n) is 7.84. The van der Waals surface area contributed by atoms with E-state index >= 15 is 0 Å². The molecule has 1 aromatic heterocycles. The quantitative estimate of drug-likeness (QED) is 0.683. The fourth-order valence-corrected chi connectivity index (χ4v) is 4.05. The Morgan fingerprint density at radius 1 is 1.20 bits per heavy atom. The maximum Gasteiger partial charge on any atom is 0.240 e. The Balaban J connectivity index is 1.68. The zero-order chi connectivity index (χ0) is 21.3. The number of imidazole rings is 1. The zero-order valence-corrected chi connectivity index (χ0v) is 17.5. The second-order valence-corrected chi connectivity index (χ2v) is 7.84. The third-order valence-corrected chi connectivity index (χ3v) is 5.30. The molecular formula is C23H26N4O3. The van der Waals surface area contributed by atoms with Gasteiger partial charge >= 0.3 is 0 Å². The smallest absolute Gasteiger partial charge is 0.240 e. The average molecular weight is 406 g/mol. The van der Waals surface area contributed by atoms with E-state index in [4.69, 9.17) is 9.72 Å². The highest BCUT2D eigenvalue weighted by Crippen LogP contribution is 2.37. The third-order valence-electron chi connectivity index (χ3n) is 5.30. The molecule has 0 bridgehead atoms. The van der Waals surface area contributed by atoms with E-state index in [9.17, 15) is 9.59 Å². The minimum absolute atomic E-state index is 0.0229. The number of aromatic nitrogens is 2. The van der Waals surface area contributed by atoms with Crippen LogP contribution < -0.4 is 15.0 Å². The Morgan fingerprint density at radius 3 is 2.70 bits per heavy atom. The number of carbonyl (C=O) groups excluding carboxylic acids is 2. The van der Waals surface area contributed by atoms with Gasteiger partial charge < -0.3 is 19.5 Å². The first-order chi connectivity index (χ1) is 14.5. The van der Waals surface area contributed by atoms with E-state index in [-0.39, 0.29) is 30.3 Å². The van der Waals surface area contributed by atoms with Gasteiger partial charge in [-0.05, 0) is 38.1 Å². The van der Waals surface area contributed by atoms with Crippen molar-refractivity contribution in [3.05, 3.63) is 54.4 Å². The number of benzene rings is 2. The summed E-state index contributed by atoms with van der Waals surface area (Å²) in [6.07, 6.45) is 0.340. The SMILES string of the molecule is COc1ccccc1N1C[C@H](c2nc3ccccc3n2CC(=O)NC(C)C)CC1=O. The molecule has 1 N–H and O–H groups in total. The molecule has 7 heteroatoms. The standard InChI is InChI=1S/C23H26N4O3/c1-15(2)24-21(28)14-27-18-9-5-4-8-17(18)25-23(27)16-12-22(29)26(13-16)19-10-6-7-11-20(19)30-3/h4-11,15-16H,12-14H2,1-3H3,(H,24,28)/t16-/m1/s1. The van der Waals surface area contributed by atoms with Gasteiger partial charge in [-0.3, -0.25) is 9.59 Å². The van der Waals surface area contributed by atoms with Crippen LogP contribution in [-0.4, -0.2) is 41.1 Å². The first kappa shape index (κ1) is 19.9. The Kier molecular flexibility index (Phi) is 5.44. The van der Waals surface area contributed by atoms with Crippen LogP contribution in [-0.2, 0) is 16.1 Å². The summed E-state index contributed by atoms with van der Waals surface area (Å²) in [5.41, 5.74) is 2.48. The molecule has 2 heterocycles. The van der Waals surface area contributed by atoms with E-state index in [2.05, 4.69) is 5.32 Å². The minimum atomic E-state index is -0.110. The first-order valence-electron chi connectivity index (χ1n) is 10.2. The summed E-state index contributed by atoms with van der Waals surface area (Å²) in [6.45, 7) is 4.54. The van der Waals surface area contributed by atoms with E-state index in [0.717, 1.165) is 22.5 Å². The summed E-state index contributed by atoms with van der Waals surface area (Å²) in [5.74, 6) is 1.27. The number of rotatable bonds is 6. The molecule has 1 aliphatic heterocycles. The lowest BCUT2D eigenvalue weighted by Gasteiger charge is -2.20. The molecule has 0 unspecified atom stereocenters. The van der Waals surface area contributed by atoms with Crippen LogP contribution in [0.3, 0.4) is 0 Å². The maximum atomic E-state index is 12.9. The summed E-state index contributed by atoms with van der Waals surface area (Å²) < 4.78 is 7.38. The monoisotopic (exact) mass is 406 g/mol. The third kappa shape index (κ3) is 3.75. The van der Waals surface area contributed by atoms with Crippen LogP contribution in [0.4, 0.5) is 5.69 Å². The highest BCUT2D eigenvalue weighted by atomic mass is 16.5. The van der Waals surface area contributed by atoms with Crippen molar-refractivity contribution in [1.29, 1.82) is 0 Å². The molecule has 1 saturated heterocycles. The van der Waals surface area contributed by atoms with Crippen LogP contribution in [0.2, 0.25) is 0 Å². The number of nitrogens with zero attached hydrogens (tertiary/aromatic N) is 3. The summed E-state index contributed by atoms with van der Waals surface area (Å²) in [5, 5.41) is 2.94. The summed E-state index contributed by atoms with van der Waals surface area (Å²) in [7, 11) is 1.60. The van der Waals surface area contributed by atoms with Crippen molar-refractivity contribution in [3.8, 4) is 5.75 Å². The Hall–Kier alpha value is -3.35. The van der Waals surface area contributed by atoms with Gasteiger partial charge in [-0.25, -0.2) is 4.98 Å². The van der Waals surface area contributed by atoms with Gasteiger partial charge in [0.2, 0.25) is 11.8 Å². The molecule has 1 fully saturated rings. The van der Waals surface area contributed by atoms with Gasteiger partial charge in [0.1, 0.15) is 18.1 Å². The first-order valence-corrected chi connectivity index (χ1v) is 10.2. The van der Waals surface area contributed by atoms with E-state index in [1.54, 1.807) is 12.0 Å². The Bertz CT molecular complexity index is 1090. The lowest BCUT2D eigenvalue weighted by Crippen LogP contribution is -2.33. The molecular weight excluding hydrogens is 380 g/mol. The predicted octanol–water partition coefficient (Wildman–Crippen LogP) is 3.09. The van der Waals surface area contributed by atoms with Gasteiger partial charge in [0, 0.05) is 24.9 Å². The molecule has 3 aromatic rings. The number of anilines is 1. The summed E-state index contributed by atoms with van der Waals surface area (Å²) in [6, 6.07) is 15.3. The number of fused-ring (bicyclic) bond motifs is 1. The molecule has 1 atom stereocenters. The molecule has 4 rings (SSSR count). The Labute approximate surface area is 175 Å². The lowest BCUT2D eigenvalue weighted by molar-refractivity contribution is -0.122. The minimum Gasteiger partial charge on any atom is -0.495 e. The van der Waals surface area contributed by atoms with Gasteiger partial charge in [0.05, 0.1) is 23.8 Å². The molecule has 2 amide bonds. The van der Waals surface area contributed by atoms with Crippen LogP contribution in [0, 0.1) is 0 Å². The van der Waals surface area contributed by atoms with Crippen molar-refractivity contribution < 1.29 is 14.3 Å².